The van der Waals surface area contributed by atoms with E-state index >= 15 is 0 Å². The summed E-state index contributed by atoms with van der Waals surface area (Å²) in [6, 6.07) is 10.9. The summed E-state index contributed by atoms with van der Waals surface area (Å²) in [7, 11) is 1.52. The number of phenolic OH excluding ortho intramolecular Hbond substituents is 1. The predicted molar refractivity (Wildman–Crippen MR) is 105 cm³/mol. The lowest BCUT2D eigenvalue weighted by Crippen LogP contribution is -2.32. The zero-order chi connectivity index (χ0) is 20.4. The Kier molecular flexibility index (Phi) is 5.51. The monoisotopic (exact) mass is 381 g/mol. The molecule has 0 radical (unpaired) electrons. The number of aromatic hydroxyl groups is 1. The van der Waals surface area contributed by atoms with Crippen molar-refractivity contribution >= 4 is 17.4 Å². The highest BCUT2D eigenvalue weighted by atomic mass is 16.5. The second-order valence-corrected chi connectivity index (χ2v) is 6.88. The van der Waals surface area contributed by atoms with Gasteiger partial charge in [0, 0.05) is 19.2 Å². The van der Waals surface area contributed by atoms with Gasteiger partial charge >= 0.3 is 0 Å². The van der Waals surface area contributed by atoms with Crippen molar-refractivity contribution in [1.29, 1.82) is 0 Å². The van der Waals surface area contributed by atoms with E-state index in [1.165, 1.54) is 24.1 Å². The van der Waals surface area contributed by atoms with Gasteiger partial charge in [-0.2, -0.15) is 0 Å². The molecular formula is C22H23NO5. The standard InChI is InChI=1S/C22H23NO5/c1-13-4-5-16(12-14(13)2)20(25)18-19(15-6-8-17(24)9-7-15)23(10-11-28-3)22(27)21(18)26/h4-9,12,19,24-25H,10-11H2,1-3H3/b20-18-. The van der Waals surface area contributed by atoms with E-state index in [4.69, 9.17) is 4.74 Å². The third-order valence-corrected chi connectivity index (χ3v) is 5.07. The first-order valence-electron chi connectivity index (χ1n) is 8.99. The van der Waals surface area contributed by atoms with Gasteiger partial charge < -0.3 is 19.8 Å². The van der Waals surface area contributed by atoms with Crippen LogP contribution in [0.2, 0.25) is 0 Å². The lowest BCUT2D eigenvalue weighted by molar-refractivity contribution is -0.140. The van der Waals surface area contributed by atoms with E-state index in [2.05, 4.69) is 0 Å². The number of Topliss-reactive ketones (excluding diaryl/α,β-unsaturated/α-hetero) is 1. The van der Waals surface area contributed by atoms with E-state index < -0.39 is 17.7 Å². The average Bonchev–Trinajstić information content (AvgIpc) is 2.93. The number of ether oxygens (including phenoxy) is 1. The Labute approximate surface area is 163 Å². The number of aliphatic hydroxyl groups is 1. The van der Waals surface area contributed by atoms with Gasteiger partial charge in [0.05, 0.1) is 18.2 Å². The Morgan fingerprint density at radius 1 is 1.07 bits per heavy atom. The van der Waals surface area contributed by atoms with Gasteiger partial charge in [-0.05, 0) is 48.7 Å². The number of nitrogens with zero attached hydrogens (tertiary/aromatic N) is 1. The van der Waals surface area contributed by atoms with E-state index in [1.54, 1.807) is 24.3 Å². The normalized spacial score (nSPS) is 18.7. The summed E-state index contributed by atoms with van der Waals surface area (Å²) in [6.45, 7) is 4.33. The zero-order valence-corrected chi connectivity index (χ0v) is 16.1. The van der Waals surface area contributed by atoms with E-state index in [0.29, 0.717) is 11.1 Å². The summed E-state index contributed by atoms with van der Waals surface area (Å²) >= 11 is 0. The largest absolute Gasteiger partial charge is 0.508 e. The SMILES string of the molecule is COCCN1C(=O)C(=O)/C(=C(\O)c2ccc(C)c(C)c2)C1c1ccc(O)cc1. The number of likely N-dealkylation sites (tertiary alicyclic amines) is 1. The number of carbonyl (C=O) groups is 2. The average molecular weight is 381 g/mol. The van der Waals surface area contributed by atoms with Gasteiger partial charge in [-0.1, -0.05) is 24.3 Å². The molecule has 2 aromatic rings. The molecule has 0 spiro atoms. The molecule has 1 aliphatic heterocycles. The van der Waals surface area contributed by atoms with Gasteiger partial charge in [0.25, 0.3) is 11.7 Å². The minimum atomic E-state index is -0.752. The Bertz CT molecular complexity index is 946. The minimum Gasteiger partial charge on any atom is -0.508 e. The summed E-state index contributed by atoms with van der Waals surface area (Å²) < 4.78 is 5.08. The summed E-state index contributed by atoms with van der Waals surface area (Å²) in [5.74, 6) is -1.54. The van der Waals surface area contributed by atoms with Crippen LogP contribution in [0.3, 0.4) is 0 Å². The number of amides is 1. The maximum Gasteiger partial charge on any atom is 0.295 e. The van der Waals surface area contributed by atoms with Crippen LogP contribution in [0, 0.1) is 13.8 Å². The molecule has 0 bridgehead atoms. The van der Waals surface area contributed by atoms with Crippen LogP contribution in [0.25, 0.3) is 5.76 Å². The number of rotatable bonds is 5. The molecule has 0 aromatic heterocycles. The van der Waals surface area contributed by atoms with Crippen LogP contribution in [0.1, 0.15) is 28.3 Å². The number of ketones is 1. The summed E-state index contributed by atoms with van der Waals surface area (Å²) in [5, 5.41) is 20.5. The molecule has 1 heterocycles. The molecule has 0 aliphatic carbocycles. The van der Waals surface area contributed by atoms with Crippen LogP contribution in [0.4, 0.5) is 0 Å². The Hall–Kier alpha value is -3.12. The van der Waals surface area contributed by atoms with Crippen LogP contribution < -0.4 is 0 Å². The smallest absolute Gasteiger partial charge is 0.295 e. The lowest BCUT2D eigenvalue weighted by atomic mass is 9.94. The van der Waals surface area contributed by atoms with Gasteiger partial charge in [0.1, 0.15) is 11.5 Å². The molecule has 1 fully saturated rings. The molecular weight excluding hydrogens is 358 g/mol. The van der Waals surface area contributed by atoms with Crippen LogP contribution in [-0.4, -0.2) is 47.1 Å². The summed E-state index contributed by atoms with van der Waals surface area (Å²) in [6.07, 6.45) is 0. The molecule has 3 rings (SSSR count). The molecule has 0 saturated carbocycles. The maximum absolute atomic E-state index is 12.8. The van der Waals surface area contributed by atoms with Crippen molar-refractivity contribution in [1.82, 2.24) is 4.90 Å². The fourth-order valence-corrected chi connectivity index (χ4v) is 3.35. The van der Waals surface area contributed by atoms with E-state index in [0.717, 1.165) is 11.1 Å². The predicted octanol–water partition coefficient (Wildman–Crippen LogP) is 3.08. The molecule has 1 saturated heterocycles. The van der Waals surface area contributed by atoms with Crippen molar-refractivity contribution in [2.45, 2.75) is 19.9 Å². The molecule has 28 heavy (non-hydrogen) atoms. The molecule has 146 valence electrons. The highest BCUT2D eigenvalue weighted by molar-refractivity contribution is 6.46. The molecule has 1 unspecified atom stereocenters. The number of methoxy groups -OCH3 is 1. The summed E-state index contributed by atoms with van der Waals surface area (Å²) in [4.78, 5) is 26.8. The van der Waals surface area contributed by atoms with Crippen molar-refractivity contribution in [2.75, 3.05) is 20.3 Å². The molecule has 1 amide bonds. The second kappa shape index (κ2) is 7.86. The number of carbonyl (C=O) groups excluding carboxylic acids is 2. The fraction of sp³-hybridized carbons (Fsp3) is 0.273. The third kappa shape index (κ3) is 3.51. The van der Waals surface area contributed by atoms with Crippen LogP contribution in [0.5, 0.6) is 5.75 Å². The Morgan fingerprint density at radius 2 is 1.75 bits per heavy atom. The van der Waals surface area contributed by atoms with Crippen molar-refractivity contribution < 1.29 is 24.5 Å². The number of phenols is 1. The summed E-state index contributed by atoms with van der Waals surface area (Å²) in [5.41, 5.74) is 3.18. The topological polar surface area (TPSA) is 87.1 Å². The van der Waals surface area contributed by atoms with Crippen LogP contribution in [0.15, 0.2) is 48.0 Å². The van der Waals surface area contributed by atoms with E-state index in [-0.39, 0.29) is 30.2 Å². The van der Waals surface area contributed by atoms with Crippen molar-refractivity contribution in [3.05, 3.63) is 70.3 Å². The molecule has 6 nitrogen and oxygen atoms in total. The van der Waals surface area contributed by atoms with E-state index in [1.807, 2.05) is 19.9 Å². The van der Waals surface area contributed by atoms with Crippen molar-refractivity contribution in [3.8, 4) is 5.75 Å². The maximum atomic E-state index is 12.8. The molecule has 6 heteroatoms. The third-order valence-electron chi connectivity index (χ3n) is 5.07. The van der Waals surface area contributed by atoms with E-state index in [9.17, 15) is 19.8 Å². The first kappa shape index (κ1) is 19.6. The van der Waals surface area contributed by atoms with Crippen molar-refractivity contribution in [2.24, 2.45) is 0 Å². The van der Waals surface area contributed by atoms with Gasteiger partial charge in [0.2, 0.25) is 0 Å². The number of hydrogen-bond acceptors (Lipinski definition) is 5. The number of aryl methyl sites for hydroxylation is 2. The number of hydrogen-bond donors (Lipinski definition) is 2. The zero-order valence-electron chi connectivity index (χ0n) is 16.1. The molecule has 2 aromatic carbocycles. The Morgan fingerprint density at radius 3 is 2.36 bits per heavy atom. The van der Waals surface area contributed by atoms with Crippen LogP contribution in [-0.2, 0) is 14.3 Å². The highest BCUT2D eigenvalue weighted by Gasteiger charge is 2.45. The number of aliphatic hydroxyl groups excluding tert-OH is 1. The van der Waals surface area contributed by atoms with Crippen molar-refractivity contribution in [3.63, 3.8) is 0 Å². The lowest BCUT2D eigenvalue weighted by Gasteiger charge is -2.25. The first-order chi connectivity index (χ1) is 13.3. The second-order valence-electron chi connectivity index (χ2n) is 6.88. The Balaban J connectivity index is 2.17. The quantitative estimate of drug-likeness (QED) is 0.472. The van der Waals surface area contributed by atoms with Gasteiger partial charge in [-0.3, -0.25) is 9.59 Å². The van der Waals surface area contributed by atoms with Gasteiger partial charge in [-0.25, -0.2) is 0 Å². The molecule has 1 aliphatic rings. The van der Waals surface area contributed by atoms with Crippen LogP contribution >= 0.6 is 0 Å². The highest BCUT2D eigenvalue weighted by Crippen LogP contribution is 2.39. The first-order valence-corrected chi connectivity index (χ1v) is 8.99. The molecule has 2 N–H and O–H groups in total. The number of benzene rings is 2. The molecule has 1 atom stereocenters. The van der Waals surface area contributed by atoms with Gasteiger partial charge in [-0.15, -0.1) is 0 Å². The fourth-order valence-electron chi connectivity index (χ4n) is 3.35. The van der Waals surface area contributed by atoms with Gasteiger partial charge in [0.15, 0.2) is 0 Å². The minimum absolute atomic E-state index is 0.0371.